The van der Waals surface area contributed by atoms with Gasteiger partial charge in [0.25, 0.3) is 11.8 Å². The molecule has 1 aliphatic carbocycles. The van der Waals surface area contributed by atoms with Crippen LogP contribution in [0.3, 0.4) is 0 Å². The van der Waals surface area contributed by atoms with Crippen molar-refractivity contribution in [3.63, 3.8) is 0 Å². The molecule has 1 unspecified atom stereocenters. The van der Waals surface area contributed by atoms with Crippen LogP contribution in [0.25, 0.3) is 0 Å². The summed E-state index contributed by atoms with van der Waals surface area (Å²) in [6, 6.07) is 13.4. The second-order valence-electron chi connectivity index (χ2n) is 23.4. The van der Waals surface area contributed by atoms with Gasteiger partial charge in [-0.15, -0.1) is 10.2 Å². The summed E-state index contributed by atoms with van der Waals surface area (Å²) in [5, 5.41) is 10.7. The number of rotatable bonds is 12. The summed E-state index contributed by atoms with van der Waals surface area (Å²) in [4.78, 5) is 64.1. The molecule has 3 aromatic carbocycles. The van der Waals surface area contributed by atoms with Crippen molar-refractivity contribution in [3.8, 4) is 0 Å². The Morgan fingerprint density at radius 2 is 1.62 bits per heavy atom. The minimum Gasteiger partial charge on any atom is -0.369 e. The zero-order valence-corrected chi connectivity index (χ0v) is 43.0. The molecule has 4 saturated heterocycles. The van der Waals surface area contributed by atoms with Crippen LogP contribution in [-0.4, -0.2) is 128 Å². The number of alkyl halides is 3. The molecule has 5 fully saturated rings. The summed E-state index contributed by atoms with van der Waals surface area (Å²) < 4.78 is 62.9. The fraction of sp³-hybridized carbons (Fsp3) is 0.571. The van der Waals surface area contributed by atoms with E-state index < -0.39 is 35.4 Å². The zero-order chi connectivity index (χ0) is 51.8. The predicted molar refractivity (Wildman–Crippen MR) is 271 cm³/mol. The van der Waals surface area contributed by atoms with Crippen LogP contribution in [-0.2, 0) is 54.3 Å². The number of halogens is 4. The molecule has 394 valence electrons. The number of carbonyl (C=O) groups is 4. The number of benzene rings is 3. The molecule has 2 atom stereocenters. The molecule has 4 aromatic rings. The van der Waals surface area contributed by atoms with E-state index in [-0.39, 0.29) is 65.4 Å². The summed E-state index contributed by atoms with van der Waals surface area (Å²) in [6.07, 6.45) is 3.86. The van der Waals surface area contributed by atoms with Gasteiger partial charge in [0.1, 0.15) is 18.2 Å². The normalized spacial score (nSPS) is 26.2. The number of nitrogens with zero attached hydrogens (tertiary/aromatic N) is 9. The van der Waals surface area contributed by atoms with Crippen molar-refractivity contribution in [2.24, 2.45) is 24.8 Å². The summed E-state index contributed by atoms with van der Waals surface area (Å²) in [6.45, 7) is 14.6. The standard InChI is InChI=1S/C56H68F4N10O4/c1-35-24-55(25-35,26-48-63-61-34-64(48)4)39-8-5-9-40(23-39)69-31-43-42(53(69)74)21-38(22-45(43)56(58,59)60)29-65-16-6-7-37(28-65)30-68-20-19-66(33-54(68,2)3)27-36-14-17-67(18-15-36)46-11-10-41-44(50(46)57)32-70(52(41)73)47-12-13-49(71)62-51(47)72/h5,8-11,21-23,34-37,47H,6-7,12-20,24-33H2,1-4H3,(H,62,71,72)/t35-,37-,47?,55-/m0/s1. The van der Waals surface area contributed by atoms with Crippen molar-refractivity contribution >= 4 is 35.0 Å². The van der Waals surface area contributed by atoms with Crippen molar-refractivity contribution in [3.05, 3.63) is 105 Å². The molecule has 6 aliphatic heterocycles. The first-order valence-electron chi connectivity index (χ1n) is 26.7. The third-order valence-corrected chi connectivity index (χ3v) is 17.7. The van der Waals surface area contributed by atoms with Crippen LogP contribution >= 0.6 is 0 Å². The number of nitrogens with one attached hydrogen (secondary N) is 1. The average molecular weight is 1020 g/mol. The second-order valence-corrected chi connectivity index (χ2v) is 23.4. The monoisotopic (exact) mass is 1020 g/mol. The minimum atomic E-state index is -4.62. The van der Waals surface area contributed by atoms with Crippen molar-refractivity contribution in [1.82, 2.24) is 39.7 Å². The number of hydrogen-bond donors (Lipinski definition) is 1. The highest BCUT2D eigenvalue weighted by molar-refractivity contribution is 6.10. The maximum Gasteiger partial charge on any atom is 0.416 e. The third-order valence-electron chi connectivity index (χ3n) is 17.7. The molecule has 0 radical (unpaired) electrons. The van der Waals surface area contributed by atoms with E-state index in [1.807, 2.05) is 29.8 Å². The lowest BCUT2D eigenvalue weighted by Gasteiger charge is -2.50. The second kappa shape index (κ2) is 19.4. The van der Waals surface area contributed by atoms with Crippen molar-refractivity contribution < 1.29 is 36.7 Å². The first kappa shape index (κ1) is 50.4. The number of aromatic nitrogens is 3. The fourth-order valence-electron chi connectivity index (χ4n) is 13.9. The molecule has 11 rings (SSSR count). The lowest BCUT2D eigenvalue weighted by Crippen LogP contribution is -2.61. The van der Waals surface area contributed by atoms with E-state index in [0.29, 0.717) is 66.3 Å². The molecule has 74 heavy (non-hydrogen) atoms. The number of anilines is 2. The number of aryl methyl sites for hydroxylation is 1. The summed E-state index contributed by atoms with van der Waals surface area (Å²) in [7, 11) is 1.93. The van der Waals surface area contributed by atoms with Gasteiger partial charge in [0.2, 0.25) is 11.8 Å². The highest BCUT2D eigenvalue weighted by atomic mass is 19.4. The van der Waals surface area contributed by atoms with Gasteiger partial charge < -0.3 is 19.3 Å². The van der Waals surface area contributed by atoms with Crippen LogP contribution in [0.1, 0.15) is 126 Å². The summed E-state index contributed by atoms with van der Waals surface area (Å²) in [5.74, 6) is 0.139. The molecular weight excluding hydrogens is 953 g/mol. The molecule has 4 amide bonds. The Kier molecular flexibility index (Phi) is 13.3. The summed E-state index contributed by atoms with van der Waals surface area (Å²) >= 11 is 0. The van der Waals surface area contributed by atoms with Crippen LogP contribution in [0.5, 0.6) is 0 Å². The van der Waals surface area contributed by atoms with Gasteiger partial charge in [-0.25, -0.2) is 4.39 Å². The number of amides is 4. The van der Waals surface area contributed by atoms with E-state index >= 15 is 4.39 Å². The lowest BCUT2D eigenvalue weighted by molar-refractivity contribution is -0.138. The van der Waals surface area contributed by atoms with E-state index in [2.05, 4.69) is 62.0 Å². The van der Waals surface area contributed by atoms with E-state index in [1.165, 1.54) is 15.9 Å². The first-order valence-corrected chi connectivity index (χ1v) is 26.7. The van der Waals surface area contributed by atoms with Gasteiger partial charge in [-0.05, 0) is 136 Å². The predicted octanol–water partition coefficient (Wildman–Crippen LogP) is 7.33. The van der Waals surface area contributed by atoms with E-state index in [9.17, 15) is 32.3 Å². The quantitative estimate of drug-likeness (QED) is 0.114. The highest BCUT2D eigenvalue weighted by Crippen LogP contribution is 2.51. The van der Waals surface area contributed by atoms with Crippen LogP contribution in [0, 0.1) is 23.6 Å². The molecule has 14 nitrogen and oxygen atoms in total. The van der Waals surface area contributed by atoms with Crippen LogP contribution in [0.15, 0.2) is 54.9 Å². The molecule has 7 aliphatic rings. The van der Waals surface area contributed by atoms with E-state index in [4.69, 9.17) is 0 Å². The Morgan fingerprint density at radius 1 is 0.824 bits per heavy atom. The van der Waals surface area contributed by atoms with Gasteiger partial charge in [0.05, 0.1) is 24.3 Å². The van der Waals surface area contributed by atoms with Gasteiger partial charge in [0.15, 0.2) is 5.82 Å². The number of likely N-dealkylation sites (tertiary alicyclic amines) is 1. The third kappa shape index (κ3) is 9.63. The smallest absolute Gasteiger partial charge is 0.369 e. The Labute approximate surface area is 430 Å². The molecule has 1 N–H and O–H groups in total. The largest absolute Gasteiger partial charge is 0.416 e. The number of imide groups is 1. The van der Waals surface area contributed by atoms with E-state index in [0.717, 1.165) is 95.7 Å². The fourth-order valence-corrected chi connectivity index (χ4v) is 13.9. The Hall–Kier alpha value is -5.72. The number of piperidine rings is 3. The Balaban J connectivity index is 0.686. The van der Waals surface area contributed by atoms with Gasteiger partial charge in [-0.1, -0.05) is 19.1 Å². The molecule has 7 heterocycles. The molecule has 1 saturated carbocycles. The van der Waals surface area contributed by atoms with Gasteiger partial charge in [0, 0.05) is 112 Å². The molecule has 0 bridgehead atoms. The molecule has 0 spiro atoms. The van der Waals surface area contributed by atoms with Gasteiger partial charge >= 0.3 is 6.18 Å². The van der Waals surface area contributed by atoms with Crippen LogP contribution < -0.4 is 15.1 Å². The molecule has 1 aromatic heterocycles. The number of fused-ring (bicyclic) bond motifs is 2. The van der Waals surface area contributed by atoms with Gasteiger partial charge in [-0.3, -0.25) is 39.2 Å². The molecule has 18 heteroatoms. The Morgan fingerprint density at radius 3 is 2.34 bits per heavy atom. The number of hydrogen-bond acceptors (Lipinski definition) is 10. The highest BCUT2D eigenvalue weighted by Gasteiger charge is 2.47. The topological polar surface area (TPSA) is 130 Å². The summed E-state index contributed by atoms with van der Waals surface area (Å²) in [5.41, 5.74) is 2.42. The first-order chi connectivity index (χ1) is 35.3. The van der Waals surface area contributed by atoms with Crippen molar-refractivity contribution in [2.75, 3.05) is 68.7 Å². The average Bonchev–Trinajstić information content (AvgIpc) is 4.02. The zero-order valence-electron chi connectivity index (χ0n) is 43.0. The number of piperazine rings is 1. The van der Waals surface area contributed by atoms with Crippen LogP contribution in [0.4, 0.5) is 28.9 Å². The Bertz CT molecular complexity index is 2850. The van der Waals surface area contributed by atoms with Crippen LogP contribution in [0.2, 0.25) is 0 Å². The maximum absolute atomic E-state index is 16.1. The SMILES string of the molecule is Cn1cnnc1C[C@]1(c2cccc(N3Cc4c(cc(CN5CCC[C@H](CN6CCN(CC7CCN(c8ccc9c(c8F)CN(C8CCC(=O)NC8=O)C9=O)CC7)CC6(C)C)C5)cc4C(F)(F)F)C3=O)c2)C[C@H](C)C1. The van der Waals surface area contributed by atoms with Gasteiger partial charge in [-0.2, -0.15) is 13.2 Å². The van der Waals surface area contributed by atoms with E-state index in [1.54, 1.807) is 24.5 Å². The van der Waals surface area contributed by atoms with Crippen molar-refractivity contribution in [2.45, 2.75) is 121 Å². The molecular formula is C56H68F4N10O4. The maximum atomic E-state index is 16.1. The van der Waals surface area contributed by atoms with Crippen molar-refractivity contribution in [1.29, 1.82) is 0 Å². The number of carbonyl (C=O) groups excluding carboxylic acids is 4. The minimum absolute atomic E-state index is 0.00612. The lowest BCUT2D eigenvalue weighted by atomic mass is 9.57.